The van der Waals surface area contributed by atoms with E-state index in [1.54, 1.807) is 6.07 Å². The summed E-state index contributed by atoms with van der Waals surface area (Å²) in [6, 6.07) is 13.7. The van der Waals surface area contributed by atoms with Crippen molar-refractivity contribution in [1.82, 2.24) is 0 Å². The largest absolute Gasteiger partial charge is 0.511 e. The number of carboxylic acid groups (broad SMARTS) is 1. The van der Waals surface area contributed by atoms with Crippen molar-refractivity contribution >= 4 is 23.9 Å². The van der Waals surface area contributed by atoms with E-state index in [1.807, 2.05) is 30.3 Å². The van der Waals surface area contributed by atoms with E-state index in [2.05, 4.69) is 9.73 Å². The number of carbonyl (C=O) groups is 1. The van der Waals surface area contributed by atoms with Crippen molar-refractivity contribution < 1.29 is 14.6 Å². The highest BCUT2D eigenvalue weighted by atomic mass is 16.7. The van der Waals surface area contributed by atoms with Gasteiger partial charge in [-0.1, -0.05) is 18.2 Å². The summed E-state index contributed by atoms with van der Waals surface area (Å²) >= 11 is 0. The molecule has 4 N–H and O–H groups in total. The Labute approximate surface area is 121 Å². The van der Waals surface area contributed by atoms with E-state index in [4.69, 9.17) is 16.2 Å². The van der Waals surface area contributed by atoms with E-state index in [9.17, 15) is 4.79 Å². The standard InChI is InChI=1S/C15H13N3O3/c16-14(17)10-6-7-13(21-15(19)20)11(8-10)9-18-12-4-2-1-3-5-12/h1-9H,(H3,16,17)(H,19,20). The first-order valence-corrected chi connectivity index (χ1v) is 6.04. The Balaban J connectivity index is 2.38. The fourth-order valence-corrected chi connectivity index (χ4v) is 1.66. The van der Waals surface area contributed by atoms with E-state index in [0.717, 1.165) is 0 Å². The molecule has 0 amide bonds. The lowest BCUT2D eigenvalue weighted by Gasteiger charge is -2.06. The molecule has 0 aliphatic carbocycles. The third kappa shape index (κ3) is 3.90. The molecular formula is C15H13N3O3. The van der Waals surface area contributed by atoms with Crippen LogP contribution in [0.25, 0.3) is 0 Å². The Morgan fingerprint density at radius 1 is 1.24 bits per heavy atom. The Kier molecular flexibility index (Phi) is 4.30. The summed E-state index contributed by atoms with van der Waals surface area (Å²) in [5, 5.41) is 16.1. The zero-order valence-electron chi connectivity index (χ0n) is 11.0. The van der Waals surface area contributed by atoms with Crippen molar-refractivity contribution in [2.24, 2.45) is 10.7 Å². The number of ether oxygens (including phenoxy) is 1. The summed E-state index contributed by atoms with van der Waals surface area (Å²) in [7, 11) is 0. The molecule has 0 atom stereocenters. The Hall–Kier alpha value is -3.15. The van der Waals surface area contributed by atoms with Crippen LogP contribution in [0.15, 0.2) is 53.5 Å². The predicted octanol–water partition coefficient (Wildman–Crippen LogP) is 2.78. The summed E-state index contributed by atoms with van der Waals surface area (Å²) in [6.07, 6.45) is 0.0555. The van der Waals surface area contributed by atoms with E-state index in [-0.39, 0.29) is 11.6 Å². The van der Waals surface area contributed by atoms with Gasteiger partial charge in [-0.2, -0.15) is 0 Å². The molecule has 21 heavy (non-hydrogen) atoms. The smallest absolute Gasteiger partial charge is 0.449 e. The van der Waals surface area contributed by atoms with Crippen molar-refractivity contribution in [2.75, 3.05) is 0 Å². The van der Waals surface area contributed by atoms with Gasteiger partial charge in [-0.15, -0.1) is 0 Å². The van der Waals surface area contributed by atoms with Crippen LogP contribution in [-0.4, -0.2) is 23.3 Å². The molecule has 2 aromatic carbocycles. The van der Waals surface area contributed by atoms with Crippen LogP contribution in [-0.2, 0) is 0 Å². The molecule has 0 unspecified atom stereocenters. The zero-order valence-corrected chi connectivity index (χ0v) is 11.0. The minimum atomic E-state index is -1.42. The zero-order chi connectivity index (χ0) is 15.2. The van der Waals surface area contributed by atoms with Crippen LogP contribution < -0.4 is 10.5 Å². The quantitative estimate of drug-likeness (QED) is 0.347. The summed E-state index contributed by atoms with van der Waals surface area (Å²) < 4.78 is 4.68. The van der Waals surface area contributed by atoms with Crippen LogP contribution in [0.5, 0.6) is 5.75 Å². The third-order valence-corrected chi connectivity index (χ3v) is 2.63. The summed E-state index contributed by atoms with van der Waals surface area (Å²) in [6.45, 7) is 0. The minimum absolute atomic E-state index is 0.119. The Bertz CT molecular complexity index is 697. The second kappa shape index (κ2) is 6.33. The van der Waals surface area contributed by atoms with E-state index >= 15 is 0 Å². The van der Waals surface area contributed by atoms with Crippen molar-refractivity contribution in [3.05, 3.63) is 59.7 Å². The number of hydrogen-bond acceptors (Lipinski definition) is 4. The highest BCUT2D eigenvalue weighted by molar-refractivity contribution is 5.98. The number of nitrogens with zero attached hydrogens (tertiary/aromatic N) is 1. The maximum atomic E-state index is 10.7. The van der Waals surface area contributed by atoms with E-state index < -0.39 is 6.16 Å². The first-order valence-electron chi connectivity index (χ1n) is 6.04. The molecule has 0 aromatic heterocycles. The fourth-order valence-electron chi connectivity index (χ4n) is 1.66. The molecule has 0 heterocycles. The van der Waals surface area contributed by atoms with Gasteiger partial charge in [-0.3, -0.25) is 10.4 Å². The van der Waals surface area contributed by atoms with Crippen molar-refractivity contribution in [1.29, 1.82) is 5.41 Å². The van der Waals surface area contributed by atoms with Gasteiger partial charge < -0.3 is 15.6 Å². The number of rotatable bonds is 4. The molecule has 6 heteroatoms. The minimum Gasteiger partial charge on any atom is -0.449 e. The lowest BCUT2D eigenvalue weighted by Crippen LogP contribution is -2.12. The highest BCUT2D eigenvalue weighted by Gasteiger charge is 2.08. The molecule has 106 valence electrons. The second-order valence-corrected chi connectivity index (χ2v) is 4.13. The maximum absolute atomic E-state index is 10.7. The molecule has 0 aliphatic heterocycles. The SMILES string of the molecule is N=C(N)c1ccc(OC(=O)O)c(C=Nc2ccccc2)c1. The van der Waals surface area contributed by atoms with Crippen LogP contribution in [0.1, 0.15) is 11.1 Å². The van der Waals surface area contributed by atoms with Crippen LogP contribution >= 0.6 is 0 Å². The molecule has 0 radical (unpaired) electrons. The topological polar surface area (TPSA) is 109 Å². The molecule has 0 bridgehead atoms. The van der Waals surface area contributed by atoms with Gasteiger partial charge in [0.05, 0.1) is 5.69 Å². The van der Waals surface area contributed by atoms with Gasteiger partial charge in [0, 0.05) is 17.3 Å². The molecule has 0 spiro atoms. The van der Waals surface area contributed by atoms with Gasteiger partial charge in [0.15, 0.2) is 0 Å². The number of nitrogens with two attached hydrogens (primary N) is 1. The first-order chi connectivity index (χ1) is 10.1. The third-order valence-electron chi connectivity index (χ3n) is 2.63. The summed E-state index contributed by atoms with van der Waals surface area (Å²) in [5.74, 6) is 0.0124. The van der Waals surface area contributed by atoms with Crippen LogP contribution in [0, 0.1) is 5.41 Å². The summed E-state index contributed by atoms with van der Waals surface area (Å²) in [4.78, 5) is 14.9. The number of aliphatic imine (C=N–C) groups is 1. The van der Waals surface area contributed by atoms with Crippen LogP contribution in [0.4, 0.5) is 10.5 Å². The number of nitrogens with one attached hydrogen (secondary N) is 1. The van der Waals surface area contributed by atoms with Gasteiger partial charge in [-0.05, 0) is 30.3 Å². The molecule has 0 saturated carbocycles. The van der Waals surface area contributed by atoms with Gasteiger partial charge in [-0.25, -0.2) is 4.79 Å². The van der Waals surface area contributed by atoms with E-state index in [1.165, 1.54) is 18.3 Å². The molecule has 0 fully saturated rings. The molecule has 2 rings (SSSR count). The van der Waals surface area contributed by atoms with Crippen molar-refractivity contribution in [3.63, 3.8) is 0 Å². The van der Waals surface area contributed by atoms with E-state index in [0.29, 0.717) is 16.8 Å². The number of amidine groups is 1. The van der Waals surface area contributed by atoms with Gasteiger partial charge >= 0.3 is 6.16 Å². The molecular weight excluding hydrogens is 270 g/mol. The lowest BCUT2D eigenvalue weighted by molar-refractivity contribution is 0.144. The molecule has 0 aliphatic rings. The van der Waals surface area contributed by atoms with Crippen molar-refractivity contribution in [2.45, 2.75) is 0 Å². The Morgan fingerprint density at radius 3 is 2.57 bits per heavy atom. The summed E-state index contributed by atoms with van der Waals surface area (Å²) in [5.41, 5.74) is 7.02. The Morgan fingerprint density at radius 2 is 1.95 bits per heavy atom. The lowest BCUT2D eigenvalue weighted by atomic mass is 10.1. The highest BCUT2D eigenvalue weighted by Crippen LogP contribution is 2.20. The number of nitrogen functional groups attached to an aromatic ring is 1. The monoisotopic (exact) mass is 283 g/mol. The van der Waals surface area contributed by atoms with Gasteiger partial charge in [0.25, 0.3) is 0 Å². The molecule has 2 aromatic rings. The number of hydrogen-bond donors (Lipinski definition) is 3. The fraction of sp³-hybridized carbons (Fsp3) is 0. The van der Waals surface area contributed by atoms with Crippen LogP contribution in [0.2, 0.25) is 0 Å². The van der Waals surface area contributed by atoms with Gasteiger partial charge in [0.2, 0.25) is 0 Å². The average molecular weight is 283 g/mol. The van der Waals surface area contributed by atoms with Crippen LogP contribution in [0.3, 0.4) is 0 Å². The average Bonchev–Trinajstić information content (AvgIpc) is 2.46. The second-order valence-electron chi connectivity index (χ2n) is 4.13. The normalized spacial score (nSPS) is 10.5. The van der Waals surface area contributed by atoms with Crippen molar-refractivity contribution in [3.8, 4) is 5.75 Å². The first kappa shape index (κ1) is 14.3. The number of benzene rings is 2. The number of para-hydroxylation sites is 1. The molecule has 0 saturated heterocycles. The molecule has 6 nitrogen and oxygen atoms in total. The van der Waals surface area contributed by atoms with Gasteiger partial charge in [0.1, 0.15) is 11.6 Å². The maximum Gasteiger partial charge on any atom is 0.511 e. The predicted molar refractivity (Wildman–Crippen MR) is 79.8 cm³/mol.